The topological polar surface area (TPSA) is 29.9 Å². The molecule has 0 spiro atoms. The van der Waals surface area contributed by atoms with Gasteiger partial charge >= 0.3 is 6.18 Å². The number of nitrogens with zero attached hydrogens (tertiary/aromatic N) is 2. The number of aromatic nitrogens is 2. The molecule has 0 radical (unpaired) electrons. The second-order valence-electron chi connectivity index (χ2n) is 4.64. The fourth-order valence-electron chi connectivity index (χ4n) is 1.94. The van der Waals surface area contributed by atoms with E-state index in [4.69, 9.17) is 0 Å². The maximum absolute atomic E-state index is 13.1. The molecule has 1 aromatic carbocycles. The molecular weight excluding hydrogens is 286 g/mol. The van der Waals surface area contributed by atoms with Crippen molar-refractivity contribution in [1.82, 2.24) is 14.9 Å². The van der Waals surface area contributed by atoms with Gasteiger partial charge in [0.25, 0.3) is 0 Å². The van der Waals surface area contributed by atoms with Gasteiger partial charge in [0.15, 0.2) is 0 Å². The lowest BCUT2D eigenvalue weighted by atomic mass is 10.1. The molecule has 3 nitrogen and oxygen atoms in total. The first kappa shape index (κ1) is 15.5. The number of hydrogen-bond donors (Lipinski definition) is 1. The van der Waals surface area contributed by atoms with Crippen molar-refractivity contribution in [3.63, 3.8) is 0 Å². The molecule has 1 N–H and O–H groups in total. The van der Waals surface area contributed by atoms with Crippen molar-refractivity contribution in [2.45, 2.75) is 25.7 Å². The third-order valence-electron chi connectivity index (χ3n) is 2.99. The third-order valence-corrected chi connectivity index (χ3v) is 2.99. The van der Waals surface area contributed by atoms with Crippen LogP contribution < -0.4 is 5.32 Å². The Morgan fingerprint density at radius 1 is 1.24 bits per heavy atom. The van der Waals surface area contributed by atoms with Crippen LogP contribution in [0.2, 0.25) is 0 Å². The Bertz CT molecular complexity index is 564. The zero-order chi connectivity index (χ0) is 15.3. The third kappa shape index (κ3) is 4.56. The number of aryl methyl sites for hydroxylation is 1. The van der Waals surface area contributed by atoms with E-state index in [9.17, 15) is 17.6 Å². The summed E-state index contributed by atoms with van der Waals surface area (Å²) < 4.78 is 52.7. The van der Waals surface area contributed by atoms with Crippen LogP contribution >= 0.6 is 0 Å². The summed E-state index contributed by atoms with van der Waals surface area (Å²) in [5.74, 6) is -1.24. The standard InChI is InChI=1S/C14H15F4N3/c15-13-3-2-11(8-12(13)14(16,17)18)9-19-4-1-6-21-7-5-20-10-21/h2-3,5,7-8,10,19H,1,4,6,9H2. The minimum Gasteiger partial charge on any atom is -0.337 e. The highest BCUT2D eigenvalue weighted by Gasteiger charge is 2.34. The predicted octanol–water partition coefficient (Wildman–Crippen LogP) is 3.22. The fourth-order valence-corrected chi connectivity index (χ4v) is 1.94. The Morgan fingerprint density at radius 3 is 2.71 bits per heavy atom. The van der Waals surface area contributed by atoms with E-state index in [1.807, 2.05) is 10.8 Å². The lowest BCUT2D eigenvalue weighted by Gasteiger charge is -2.11. The van der Waals surface area contributed by atoms with Crippen molar-refractivity contribution in [2.75, 3.05) is 6.54 Å². The molecule has 0 saturated carbocycles. The average Bonchev–Trinajstić information content (AvgIpc) is 2.92. The summed E-state index contributed by atoms with van der Waals surface area (Å²) in [5.41, 5.74) is -0.813. The Balaban J connectivity index is 1.80. The molecule has 0 aliphatic rings. The maximum atomic E-state index is 13.1. The maximum Gasteiger partial charge on any atom is 0.419 e. The summed E-state index contributed by atoms with van der Waals surface area (Å²) in [6.45, 7) is 1.70. The zero-order valence-electron chi connectivity index (χ0n) is 11.2. The summed E-state index contributed by atoms with van der Waals surface area (Å²) in [6, 6.07) is 3.05. The van der Waals surface area contributed by atoms with Crippen LogP contribution in [-0.2, 0) is 19.3 Å². The van der Waals surface area contributed by atoms with Crippen LogP contribution in [0.3, 0.4) is 0 Å². The van der Waals surface area contributed by atoms with Gasteiger partial charge in [0.1, 0.15) is 5.82 Å². The van der Waals surface area contributed by atoms with Gasteiger partial charge in [-0.3, -0.25) is 0 Å². The van der Waals surface area contributed by atoms with E-state index in [0.29, 0.717) is 12.1 Å². The number of alkyl halides is 3. The number of halogens is 4. The van der Waals surface area contributed by atoms with Gasteiger partial charge in [-0.25, -0.2) is 9.37 Å². The van der Waals surface area contributed by atoms with Crippen LogP contribution in [0.5, 0.6) is 0 Å². The zero-order valence-corrected chi connectivity index (χ0v) is 11.2. The van der Waals surface area contributed by atoms with Crippen molar-refractivity contribution < 1.29 is 17.6 Å². The summed E-state index contributed by atoms with van der Waals surface area (Å²) >= 11 is 0. The van der Waals surface area contributed by atoms with Gasteiger partial charge in [-0.05, 0) is 30.7 Å². The van der Waals surface area contributed by atoms with Crippen LogP contribution in [0, 0.1) is 5.82 Å². The molecule has 2 rings (SSSR count). The van der Waals surface area contributed by atoms with Gasteiger partial charge < -0.3 is 9.88 Å². The van der Waals surface area contributed by atoms with Crippen molar-refractivity contribution in [3.8, 4) is 0 Å². The van der Waals surface area contributed by atoms with Crippen molar-refractivity contribution in [2.24, 2.45) is 0 Å². The largest absolute Gasteiger partial charge is 0.419 e. The summed E-state index contributed by atoms with van der Waals surface area (Å²) in [7, 11) is 0. The van der Waals surface area contributed by atoms with E-state index < -0.39 is 17.6 Å². The minimum absolute atomic E-state index is 0.271. The van der Waals surface area contributed by atoms with Gasteiger partial charge in [0.2, 0.25) is 0 Å². The molecule has 0 aliphatic carbocycles. The van der Waals surface area contributed by atoms with Gasteiger partial charge in [-0.1, -0.05) is 6.07 Å². The van der Waals surface area contributed by atoms with Crippen molar-refractivity contribution in [3.05, 3.63) is 53.9 Å². The van der Waals surface area contributed by atoms with E-state index >= 15 is 0 Å². The van der Waals surface area contributed by atoms with E-state index in [0.717, 1.165) is 25.1 Å². The Labute approximate surface area is 119 Å². The second kappa shape index (κ2) is 6.71. The van der Waals surface area contributed by atoms with Crippen LogP contribution in [0.4, 0.5) is 17.6 Å². The molecule has 0 amide bonds. The van der Waals surface area contributed by atoms with E-state index in [1.54, 1.807) is 12.5 Å². The lowest BCUT2D eigenvalue weighted by molar-refractivity contribution is -0.140. The van der Waals surface area contributed by atoms with Crippen LogP contribution in [-0.4, -0.2) is 16.1 Å². The first-order valence-electron chi connectivity index (χ1n) is 6.49. The number of hydrogen-bond acceptors (Lipinski definition) is 2. The predicted molar refractivity (Wildman–Crippen MR) is 70.0 cm³/mol. The number of imidazole rings is 1. The molecule has 114 valence electrons. The van der Waals surface area contributed by atoms with Gasteiger partial charge in [0, 0.05) is 25.5 Å². The molecule has 21 heavy (non-hydrogen) atoms. The van der Waals surface area contributed by atoms with Gasteiger partial charge in [-0.2, -0.15) is 13.2 Å². The molecule has 0 bridgehead atoms. The highest BCUT2D eigenvalue weighted by molar-refractivity contribution is 5.27. The van der Waals surface area contributed by atoms with Crippen LogP contribution in [0.15, 0.2) is 36.9 Å². The molecule has 0 saturated heterocycles. The Morgan fingerprint density at radius 2 is 2.05 bits per heavy atom. The molecule has 7 heteroatoms. The Hall–Kier alpha value is -1.89. The van der Waals surface area contributed by atoms with E-state index in [2.05, 4.69) is 10.3 Å². The van der Waals surface area contributed by atoms with Crippen molar-refractivity contribution in [1.29, 1.82) is 0 Å². The van der Waals surface area contributed by atoms with E-state index in [-0.39, 0.29) is 6.54 Å². The monoisotopic (exact) mass is 301 g/mol. The highest BCUT2D eigenvalue weighted by atomic mass is 19.4. The number of benzene rings is 1. The molecule has 2 aromatic rings. The van der Waals surface area contributed by atoms with E-state index in [1.165, 1.54) is 6.07 Å². The molecule has 0 unspecified atom stereocenters. The first-order valence-corrected chi connectivity index (χ1v) is 6.49. The Kier molecular flexibility index (Phi) is 4.95. The molecular formula is C14H15F4N3. The summed E-state index contributed by atoms with van der Waals surface area (Å²) in [6.07, 6.45) is 1.39. The molecule has 1 heterocycles. The molecule has 0 fully saturated rings. The summed E-state index contributed by atoms with van der Waals surface area (Å²) in [4.78, 5) is 3.91. The smallest absolute Gasteiger partial charge is 0.337 e. The molecule has 1 aromatic heterocycles. The molecule has 0 aliphatic heterocycles. The average molecular weight is 301 g/mol. The second-order valence-corrected chi connectivity index (χ2v) is 4.64. The minimum atomic E-state index is -4.67. The number of nitrogens with one attached hydrogen (secondary N) is 1. The molecule has 0 atom stereocenters. The highest BCUT2D eigenvalue weighted by Crippen LogP contribution is 2.31. The normalized spacial score (nSPS) is 11.8. The van der Waals surface area contributed by atoms with Crippen LogP contribution in [0.1, 0.15) is 17.5 Å². The fraction of sp³-hybridized carbons (Fsp3) is 0.357. The van der Waals surface area contributed by atoms with Gasteiger partial charge in [0.05, 0.1) is 11.9 Å². The van der Waals surface area contributed by atoms with Gasteiger partial charge in [-0.15, -0.1) is 0 Å². The number of rotatable bonds is 6. The summed E-state index contributed by atoms with van der Waals surface area (Å²) in [5, 5.41) is 3.04. The van der Waals surface area contributed by atoms with Crippen molar-refractivity contribution >= 4 is 0 Å². The van der Waals surface area contributed by atoms with Crippen LogP contribution in [0.25, 0.3) is 0 Å². The SMILES string of the molecule is Fc1ccc(CNCCCn2ccnc2)cc1C(F)(F)F. The quantitative estimate of drug-likeness (QED) is 0.656. The lowest BCUT2D eigenvalue weighted by Crippen LogP contribution is -2.17. The first-order chi connectivity index (χ1) is 9.97.